The molecule has 6 heteroatoms. The molecule has 2 rings (SSSR count). The van der Waals surface area contributed by atoms with Crippen molar-refractivity contribution in [2.24, 2.45) is 10.7 Å². The van der Waals surface area contributed by atoms with E-state index in [0.29, 0.717) is 17.5 Å². The summed E-state index contributed by atoms with van der Waals surface area (Å²) in [5.74, 6) is 1.15. The largest absolute Gasteiger partial charge is 0.497 e. The molecule has 2 aromatic carbocycles. The molecule has 4 nitrogen and oxygen atoms in total. The number of halogens is 2. The highest BCUT2D eigenvalue weighted by atomic mass is 127. The third-order valence-corrected chi connectivity index (χ3v) is 2.92. The Bertz CT molecular complexity index is 602. The zero-order valence-electron chi connectivity index (χ0n) is 11.5. The lowest BCUT2D eigenvalue weighted by Gasteiger charge is -2.06. The summed E-state index contributed by atoms with van der Waals surface area (Å²) in [6, 6.07) is 15.0. The summed E-state index contributed by atoms with van der Waals surface area (Å²) in [6.45, 7) is 0.482. The Morgan fingerprint density at radius 3 is 2.57 bits per heavy atom. The molecule has 0 aliphatic rings. The predicted octanol–water partition coefficient (Wildman–Crippen LogP) is 3.89. The van der Waals surface area contributed by atoms with Crippen molar-refractivity contribution in [2.45, 2.75) is 6.54 Å². The first-order chi connectivity index (χ1) is 9.67. The minimum Gasteiger partial charge on any atom is -0.497 e. The van der Waals surface area contributed by atoms with Gasteiger partial charge in [0.25, 0.3) is 0 Å². The van der Waals surface area contributed by atoms with Gasteiger partial charge < -0.3 is 15.8 Å². The van der Waals surface area contributed by atoms with E-state index in [4.69, 9.17) is 22.1 Å². The van der Waals surface area contributed by atoms with E-state index in [-0.39, 0.29) is 24.0 Å². The van der Waals surface area contributed by atoms with E-state index in [0.717, 1.165) is 17.0 Å². The first-order valence-electron chi connectivity index (χ1n) is 6.13. The fourth-order valence-corrected chi connectivity index (χ4v) is 1.89. The molecule has 0 radical (unpaired) electrons. The highest BCUT2D eigenvalue weighted by molar-refractivity contribution is 14.0. The Labute approximate surface area is 146 Å². The van der Waals surface area contributed by atoms with Crippen LogP contribution in [-0.2, 0) is 6.54 Å². The zero-order chi connectivity index (χ0) is 14.4. The van der Waals surface area contributed by atoms with Crippen molar-refractivity contribution in [3.63, 3.8) is 0 Å². The number of benzene rings is 2. The van der Waals surface area contributed by atoms with Gasteiger partial charge in [-0.25, -0.2) is 4.99 Å². The molecule has 0 aliphatic heterocycles. The Morgan fingerprint density at radius 1 is 1.24 bits per heavy atom. The molecule has 3 N–H and O–H groups in total. The van der Waals surface area contributed by atoms with Crippen molar-refractivity contribution in [1.29, 1.82) is 0 Å². The number of guanidine groups is 1. The van der Waals surface area contributed by atoms with Crippen LogP contribution in [0.25, 0.3) is 0 Å². The van der Waals surface area contributed by atoms with Gasteiger partial charge >= 0.3 is 0 Å². The number of ether oxygens (including phenoxy) is 1. The quantitative estimate of drug-likeness (QED) is 0.451. The molecule has 21 heavy (non-hydrogen) atoms. The zero-order valence-corrected chi connectivity index (χ0v) is 14.6. The van der Waals surface area contributed by atoms with Crippen LogP contribution in [0.3, 0.4) is 0 Å². The van der Waals surface area contributed by atoms with Crippen LogP contribution >= 0.6 is 35.6 Å². The maximum atomic E-state index is 5.91. The van der Waals surface area contributed by atoms with E-state index in [2.05, 4.69) is 10.3 Å². The number of anilines is 1. The Balaban J connectivity index is 0.00000220. The second-order valence-electron chi connectivity index (χ2n) is 4.18. The predicted molar refractivity (Wildman–Crippen MR) is 98.8 cm³/mol. The van der Waals surface area contributed by atoms with Gasteiger partial charge in [0.1, 0.15) is 5.75 Å². The van der Waals surface area contributed by atoms with Gasteiger partial charge in [-0.15, -0.1) is 24.0 Å². The van der Waals surface area contributed by atoms with Crippen LogP contribution in [0.15, 0.2) is 53.5 Å². The van der Waals surface area contributed by atoms with Gasteiger partial charge in [0.05, 0.1) is 13.7 Å². The summed E-state index contributed by atoms with van der Waals surface area (Å²) in [5, 5.41) is 3.71. The van der Waals surface area contributed by atoms with E-state index in [1.807, 2.05) is 48.5 Å². The molecular weight excluding hydrogens is 401 g/mol. The maximum absolute atomic E-state index is 5.91. The first kappa shape index (κ1) is 17.6. The van der Waals surface area contributed by atoms with Crippen LogP contribution in [0.2, 0.25) is 5.02 Å². The topological polar surface area (TPSA) is 59.6 Å². The van der Waals surface area contributed by atoms with Crippen molar-refractivity contribution in [3.8, 4) is 5.75 Å². The van der Waals surface area contributed by atoms with Gasteiger partial charge in [-0.3, -0.25) is 0 Å². The number of aliphatic imine (C=N–C) groups is 1. The van der Waals surface area contributed by atoms with E-state index in [1.54, 1.807) is 7.11 Å². The van der Waals surface area contributed by atoms with Gasteiger partial charge in [-0.2, -0.15) is 0 Å². The number of rotatable bonds is 4. The van der Waals surface area contributed by atoms with Crippen molar-refractivity contribution in [1.82, 2.24) is 0 Å². The van der Waals surface area contributed by atoms with E-state index < -0.39 is 0 Å². The van der Waals surface area contributed by atoms with Crippen LogP contribution in [-0.4, -0.2) is 13.1 Å². The van der Waals surface area contributed by atoms with Gasteiger partial charge in [-0.05, 0) is 42.0 Å². The number of nitrogens with two attached hydrogens (primary N) is 1. The van der Waals surface area contributed by atoms with E-state index >= 15 is 0 Å². The smallest absolute Gasteiger partial charge is 0.193 e. The monoisotopic (exact) mass is 417 g/mol. The molecule has 112 valence electrons. The second-order valence-corrected chi connectivity index (χ2v) is 4.62. The number of nitrogens with zero attached hydrogens (tertiary/aromatic N) is 1. The van der Waals surface area contributed by atoms with Crippen molar-refractivity contribution < 1.29 is 4.74 Å². The molecule has 0 saturated heterocycles. The molecule has 0 spiro atoms. The summed E-state index contributed by atoms with van der Waals surface area (Å²) in [6.07, 6.45) is 0. The molecule has 0 bridgehead atoms. The minimum atomic E-state index is 0. The third-order valence-electron chi connectivity index (χ3n) is 2.68. The first-order valence-corrected chi connectivity index (χ1v) is 6.50. The van der Waals surface area contributed by atoms with Crippen LogP contribution in [0.4, 0.5) is 5.69 Å². The number of hydrogen-bond donors (Lipinski definition) is 2. The summed E-state index contributed by atoms with van der Waals surface area (Å²) in [5.41, 5.74) is 7.71. The molecule has 2 aromatic rings. The van der Waals surface area contributed by atoms with Gasteiger partial charge in [0.15, 0.2) is 5.96 Å². The SMILES string of the molecule is COc1ccc(NC(N)=NCc2cccc(Cl)c2)cc1.I. The highest BCUT2D eigenvalue weighted by Crippen LogP contribution is 2.15. The second kappa shape index (κ2) is 8.74. The number of methoxy groups -OCH3 is 1. The van der Waals surface area contributed by atoms with Crippen LogP contribution in [0.1, 0.15) is 5.56 Å². The molecule has 0 unspecified atom stereocenters. The van der Waals surface area contributed by atoms with Gasteiger partial charge in [-0.1, -0.05) is 23.7 Å². The minimum absolute atomic E-state index is 0. The fraction of sp³-hybridized carbons (Fsp3) is 0.133. The summed E-state index contributed by atoms with van der Waals surface area (Å²) < 4.78 is 5.09. The van der Waals surface area contributed by atoms with E-state index in [9.17, 15) is 0 Å². The van der Waals surface area contributed by atoms with Crippen LogP contribution in [0.5, 0.6) is 5.75 Å². The van der Waals surface area contributed by atoms with Crippen molar-refractivity contribution >= 4 is 47.2 Å². The normalized spacial score (nSPS) is 10.7. The summed E-state index contributed by atoms with van der Waals surface area (Å²) in [4.78, 5) is 4.27. The third kappa shape index (κ3) is 5.81. The summed E-state index contributed by atoms with van der Waals surface area (Å²) >= 11 is 5.91. The Kier molecular flexibility index (Phi) is 7.31. The number of hydrogen-bond acceptors (Lipinski definition) is 2. The van der Waals surface area contributed by atoms with Gasteiger partial charge in [0, 0.05) is 10.7 Å². The van der Waals surface area contributed by atoms with Gasteiger partial charge in [0.2, 0.25) is 0 Å². The average Bonchev–Trinajstić information content (AvgIpc) is 2.46. The number of nitrogens with one attached hydrogen (secondary N) is 1. The highest BCUT2D eigenvalue weighted by Gasteiger charge is 1.97. The molecule has 0 fully saturated rings. The molecule has 0 aliphatic carbocycles. The average molecular weight is 418 g/mol. The van der Waals surface area contributed by atoms with Crippen molar-refractivity contribution in [2.75, 3.05) is 12.4 Å². The standard InChI is InChI=1S/C15H16ClN3O.HI/c1-20-14-7-5-13(6-8-14)19-15(17)18-10-11-3-2-4-12(16)9-11;/h2-9H,10H2,1H3,(H3,17,18,19);1H. The molecule has 0 aromatic heterocycles. The molecule has 0 amide bonds. The lowest BCUT2D eigenvalue weighted by Crippen LogP contribution is -2.22. The fourth-order valence-electron chi connectivity index (χ4n) is 1.67. The molecule has 0 atom stereocenters. The Hall–Kier alpha value is -1.47. The lowest BCUT2D eigenvalue weighted by atomic mass is 10.2. The summed E-state index contributed by atoms with van der Waals surface area (Å²) in [7, 11) is 1.63. The van der Waals surface area contributed by atoms with Crippen LogP contribution < -0.4 is 15.8 Å². The molecule has 0 saturated carbocycles. The van der Waals surface area contributed by atoms with E-state index in [1.165, 1.54) is 0 Å². The van der Waals surface area contributed by atoms with Crippen molar-refractivity contribution in [3.05, 3.63) is 59.1 Å². The Morgan fingerprint density at radius 2 is 1.95 bits per heavy atom. The maximum Gasteiger partial charge on any atom is 0.193 e. The lowest BCUT2D eigenvalue weighted by molar-refractivity contribution is 0.415. The van der Waals surface area contributed by atoms with Crippen LogP contribution in [0, 0.1) is 0 Å². The molecule has 0 heterocycles. The molecular formula is C15H17ClIN3O.